The van der Waals surface area contributed by atoms with Gasteiger partial charge in [0.1, 0.15) is 0 Å². The van der Waals surface area contributed by atoms with E-state index in [0.717, 1.165) is 49.2 Å². The lowest BCUT2D eigenvalue weighted by atomic mass is 9.44. The van der Waals surface area contributed by atoms with E-state index in [1.54, 1.807) is 0 Å². The van der Waals surface area contributed by atoms with Gasteiger partial charge in [0.15, 0.2) is 0 Å². The smallest absolute Gasteiger partial charge is 0.305 e. The fraction of sp³-hybridized carbons (Fsp3) is 0.964. The summed E-state index contributed by atoms with van der Waals surface area (Å²) in [5, 5.41) is 7.17. The Balaban J connectivity index is 1.38. The van der Waals surface area contributed by atoms with Gasteiger partial charge < -0.3 is 21.1 Å². The summed E-state index contributed by atoms with van der Waals surface area (Å²) in [7, 11) is 1.51. The number of esters is 1. The van der Waals surface area contributed by atoms with Gasteiger partial charge in [-0.2, -0.15) is 0 Å². The minimum atomic E-state index is -0.0447. The van der Waals surface area contributed by atoms with Crippen molar-refractivity contribution in [3.63, 3.8) is 0 Å². The number of hydrogen-bond donors (Lipinski definition) is 3. The summed E-state index contributed by atoms with van der Waals surface area (Å²) in [5.74, 6) is 5.00. The van der Waals surface area contributed by atoms with Gasteiger partial charge in [-0.1, -0.05) is 20.8 Å². The van der Waals surface area contributed by atoms with E-state index in [1.807, 2.05) is 0 Å². The summed E-state index contributed by atoms with van der Waals surface area (Å²) >= 11 is 0. The van der Waals surface area contributed by atoms with Crippen LogP contribution in [0.3, 0.4) is 0 Å². The summed E-state index contributed by atoms with van der Waals surface area (Å²) < 4.78 is 4.92. The van der Waals surface area contributed by atoms with Crippen LogP contribution in [0.25, 0.3) is 0 Å². The van der Waals surface area contributed by atoms with E-state index >= 15 is 0 Å². The Bertz CT molecular complexity index is 672. The maximum atomic E-state index is 11.7. The standard InChI is InChI=1S/C28H51N3O2/c1-19(5-10-26(32)33-4)23-8-9-24-22-7-6-20-17-21(31-18-30-16-15-29)11-13-27(20,2)25(22)12-14-28(23,24)3/h19-25,30-31H,5-18,29H2,1-4H3/t19?,20?,21-,22?,23+,24?,25?,27-,28+/m0/s1. The molecule has 0 aromatic carbocycles. The molecule has 4 rings (SSSR count). The Labute approximate surface area is 202 Å². The average Bonchev–Trinajstić information content (AvgIpc) is 3.17. The molecule has 190 valence electrons. The Kier molecular flexibility index (Phi) is 8.12. The van der Waals surface area contributed by atoms with Crippen molar-refractivity contribution in [3.8, 4) is 0 Å². The van der Waals surface area contributed by atoms with Gasteiger partial charge in [0, 0.05) is 32.2 Å². The average molecular weight is 462 g/mol. The number of methoxy groups -OCH3 is 1. The van der Waals surface area contributed by atoms with Crippen molar-refractivity contribution in [2.24, 2.45) is 52.1 Å². The van der Waals surface area contributed by atoms with Crippen molar-refractivity contribution in [3.05, 3.63) is 0 Å². The molecule has 0 saturated heterocycles. The van der Waals surface area contributed by atoms with Crippen molar-refractivity contribution < 1.29 is 9.53 Å². The topological polar surface area (TPSA) is 76.4 Å². The Morgan fingerprint density at radius 3 is 2.58 bits per heavy atom. The molecule has 0 amide bonds. The van der Waals surface area contributed by atoms with Crippen molar-refractivity contribution in [2.75, 3.05) is 26.9 Å². The highest BCUT2D eigenvalue weighted by atomic mass is 16.5. The summed E-state index contributed by atoms with van der Waals surface area (Å²) in [6.07, 6.45) is 14.2. The highest BCUT2D eigenvalue weighted by Gasteiger charge is 2.60. The van der Waals surface area contributed by atoms with Crippen LogP contribution in [0.1, 0.15) is 91.4 Å². The molecule has 9 atom stereocenters. The molecule has 4 N–H and O–H groups in total. The van der Waals surface area contributed by atoms with Gasteiger partial charge in [0.25, 0.3) is 0 Å². The number of fused-ring (bicyclic) bond motifs is 5. The first-order valence-corrected chi connectivity index (χ1v) is 14.0. The van der Waals surface area contributed by atoms with E-state index in [9.17, 15) is 4.79 Å². The number of nitrogens with two attached hydrogens (primary N) is 1. The molecule has 5 nitrogen and oxygen atoms in total. The second-order valence-corrected chi connectivity index (χ2v) is 12.6. The molecular formula is C28H51N3O2. The summed E-state index contributed by atoms with van der Waals surface area (Å²) in [5.41, 5.74) is 6.63. The van der Waals surface area contributed by atoms with E-state index in [1.165, 1.54) is 64.9 Å². The Morgan fingerprint density at radius 2 is 1.82 bits per heavy atom. The number of rotatable bonds is 9. The predicted octanol–water partition coefficient (Wildman–Crippen LogP) is 4.70. The van der Waals surface area contributed by atoms with Crippen LogP contribution in [0, 0.1) is 46.3 Å². The first-order valence-electron chi connectivity index (χ1n) is 14.0. The molecule has 4 aliphatic carbocycles. The van der Waals surface area contributed by atoms with Crippen LogP contribution in [0.2, 0.25) is 0 Å². The number of carbonyl (C=O) groups is 1. The van der Waals surface area contributed by atoms with E-state index in [2.05, 4.69) is 31.4 Å². The number of hydrogen-bond acceptors (Lipinski definition) is 5. The fourth-order valence-electron chi connectivity index (χ4n) is 9.47. The summed E-state index contributed by atoms with van der Waals surface area (Å²) in [4.78, 5) is 11.7. The van der Waals surface area contributed by atoms with Crippen LogP contribution in [0.15, 0.2) is 0 Å². The molecule has 4 saturated carbocycles. The maximum Gasteiger partial charge on any atom is 0.305 e. The van der Waals surface area contributed by atoms with Crippen LogP contribution in [-0.2, 0) is 9.53 Å². The largest absolute Gasteiger partial charge is 0.469 e. The van der Waals surface area contributed by atoms with Crippen molar-refractivity contribution >= 4 is 5.97 Å². The fourth-order valence-corrected chi connectivity index (χ4v) is 9.47. The lowest BCUT2D eigenvalue weighted by Crippen LogP contribution is -2.55. The van der Waals surface area contributed by atoms with E-state index in [-0.39, 0.29) is 5.97 Å². The van der Waals surface area contributed by atoms with Gasteiger partial charge in [-0.25, -0.2) is 0 Å². The quantitative estimate of drug-likeness (QED) is 0.264. The van der Waals surface area contributed by atoms with Gasteiger partial charge in [-0.05, 0) is 111 Å². The zero-order valence-corrected chi connectivity index (χ0v) is 21.8. The zero-order chi connectivity index (χ0) is 23.6. The van der Waals surface area contributed by atoms with Crippen LogP contribution >= 0.6 is 0 Å². The highest BCUT2D eigenvalue weighted by Crippen LogP contribution is 2.68. The minimum Gasteiger partial charge on any atom is -0.469 e. The Hall–Kier alpha value is -0.650. The first-order chi connectivity index (χ1) is 15.8. The SMILES string of the molecule is COC(=O)CCC(C)[C@H]1CCC2C3CCC4C[C@@H](NCNCCN)CC[C@]4(C)C3CC[C@@]21C. The van der Waals surface area contributed by atoms with Crippen LogP contribution in [0.5, 0.6) is 0 Å². The molecule has 33 heavy (non-hydrogen) atoms. The molecule has 0 aliphatic heterocycles. The van der Waals surface area contributed by atoms with Gasteiger partial charge >= 0.3 is 5.97 Å². The minimum absolute atomic E-state index is 0.0447. The summed E-state index contributed by atoms with van der Waals surface area (Å²) in [6.45, 7) is 10.2. The van der Waals surface area contributed by atoms with Gasteiger partial charge in [0.2, 0.25) is 0 Å². The molecular weight excluding hydrogens is 410 g/mol. The van der Waals surface area contributed by atoms with E-state index in [4.69, 9.17) is 10.5 Å². The van der Waals surface area contributed by atoms with Crippen LogP contribution < -0.4 is 16.4 Å². The second kappa shape index (κ2) is 10.5. The third-order valence-corrected chi connectivity index (χ3v) is 11.3. The van der Waals surface area contributed by atoms with E-state index < -0.39 is 0 Å². The highest BCUT2D eigenvalue weighted by molar-refractivity contribution is 5.69. The lowest BCUT2D eigenvalue weighted by molar-refractivity contribution is -0.141. The number of carbonyl (C=O) groups excluding carboxylic acids is 1. The van der Waals surface area contributed by atoms with Crippen LogP contribution in [-0.4, -0.2) is 38.9 Å². The van der Waals surface area contributed by atoms with Crippen molar-refractivity contribution in [2.45, 2.75) is 97.4 Å². The number of nitrogens with one attached hydrogen (secondary N) is 2. The van der Waals surface area contributed by atoms with Gasteiger partial charge in [-0.15, -0.1) is 0 Å². The molecule has 0 heterocycles. The van der Waals surface area contributed by atoms with Crippen molar-refractivity contribution in [1.29, 1.82) is 0 Å². The predicted molar refractivity (Wildman–Crippen MR) is 134 cm³/mol. The molecule has 0 radical (unpaired) electrons. The first kappa shape index (κ1) is 25.4. The molecule has 5 unspecified atom stereocenters. The second-order valence-electron chi connectivity index (χ2n) is 12.6. The molecule has 4 fully saturated rings. The monoisotopic (exact) mass is 461 g/mol. The molecule has 0 aromatic rings. The van der Waals surface area contributed by atoms with Crippen LogP contribution in [0.4, 0.5) is 0 Å². The van der Waals surface area contributed by atoms with Gasteiger partial charge in [-0.3, -0.25) is 4.79 Å². The Morgan fingerprint density at radius 1 is 1.06 bits per heavy atom. The molecule has 4 aliphatic rings. The molecule has 0 bridgehead atoms. The lowest BCUT2D eigenvalue weighted by Gasteiger charge is -2.61. The molecule has 0 spiro atoms. The van der Waals surface area contributed by atoms with Crippen molar-refractivity contribution in [1.82, 2.24) is 10.6 Å². The molecule has 0 aromatic heterocycles. The maximum absolute atomic E-state index is 11.7. The zero-order valence-electron chi connectivity index (χ0n) is 21.8. The van der Waals surface area contributed by atoms with E-state index in [0.29, 0.717) is 35.8 Å². The van der Waals surface area contributed by atoms with Gasteiger partial charge in [0.05, 0.1) is 7.11 Å². The number of ether oxygens (including phenoxy) is 1. The summed E-state index contributed by atoms with van der Waals surface area (Å²) in [6, 6.07) is 0.672. The molecule has 5 heteroatoms. The normalized spacial score (nSPS) is 43.3. The third kappa shape index (κ3) is 4.89. The third-order valence-electron chi connectivity index (χ3n) is 11.3.